The Balaban J connectivity index is 2.38. The lowest BCUT2D eigenvalue weighted by Crippen LogP contribution is -2.31. The highest BCUT2D eigenvalue weighted by molar-refractivity contribution is 7.89. The first-order chi connectivity index (χ1) is 11.8. The summed E-state index contributed by atoms with van der Waals surface area (Å²) in [7, 11) is -3.61. The molecule has 0 aromatic heterocycles. The number of aryl methyl sites for hydroxylation is 1. The zero-order valence-electron chi connectivity index (χ0n) is 15.0. The van der Waals surface area contributed by atoms with Crippen LogP contribution in [0, 0.1) is 13.8 Å². The van der Waals surface area contributed by atoms with Crippen molar-refractivity contribution in [2.24, 2.45) is 0 Å². The minimum atomic E-state index is -3.61. The standard InChI is InChI=1S/C17H24N2O5S/c1-5-19(6-2)25(21,22)14-9-12(3)13(4)15(10-14)18-17(20)16-11-23-7-8-24-16/h9-11H,5-8H2,1-4H3,(H,18,20). The third-order valence-electron chi connectivity index (χ3n) is 4.11. The van der Waals surface area contributed by atoms with Gasteiger partial charge in [-0.2, -0.15) is 4.31 Å². The molecule has 0 aliphatic carbocycles. The molecule has 0 unspecified atom stereocenters. The zero-order valence-corrected chi connectivity index (χ0v) is 15.8. The number of carbonyl (C=O) groups is 1. The topological polar surface area (TPSA) is 84.9 Å². The van der Waals surface area contributed by atoms with Crippen molar-refractivity contribution in [2.75, 3.05) is 31.6 Å². The number of sulfonamides is 1. The van der Waals surface area contributed by atoms with E-state index in [1.807, 2.05) is 13.8 Å². The maximum atomic E-state index is 12.8. The van der Waals surface area contributed by atoms with Crippen LogP contribution >= 0.6 is 0 Å². The Hall–Kier alpha value is -2.06. The minimum Gasteiger partial charge on any atom is -0.494 e. The van der Waals surface area contributed by atoms with Gasteiger partial charge in [-0.1, -0.05) is 13.8 Å². The highest BCUT2D eigenvalue weighted by atomic mass is 32.2. The van der Waals surface area contributed by atoms with Crippen molar-refractivity contribution in [3.05, 3.63) is 35.3 Å². The predicted molar refractivity (Wildman–Crippen MR) is 94.6 cm³/mol. The van der Waals surface area contributed by atoms with Gasteiger partial charge < -0.3 is 14.8 Å². The molecule has 1 aliphatic heterocycles. The molecule has 25 heavy (non-hydrogen) atoms. The first-order valence-electron chi connectivity index (χ1n) is 8.18. The smallest absolute Gasteiger partial charge is 0.294 e. The lowest BCUT2D eigenvalue weighted by molar-refractivity contribution is -0.117. The van der Waals surface area contributed by atoms with E-state index in [1.54, 1.807) is 19.9 Å². The fourth-order valence-corrected chi connectivity index (χ4v) is 4.06. The van der Waals surface area contributed by atoms with Crippen molar-refractivity contribution in [2.45, 2.75) is 32.6 Å². The first kappa shape index (κ1) is 19.3. The van der Waals surface area contributed by atoms with Crippen molar-refractivity contribution in [1.29, 1.82) is 0 Å². The van der Waals surface area contributed by atoms with Crippen LogP contribution in [0.3, 0.4) is 0 Å². The van der Waals surface area contributed by atoms with Crippen LogP contribution in [0.25, 0.3) is 0 Å². The largest absolute Gasteiger partial charge is 0.494 e. The number of benzene rings is 1. The second-order valence-electron chi connectivity index (χ2n) is 5.66. The van der Waals surface area contributed by atoms with Crippen LogP contribution < -0.4 is 5.32 Å². The molecule has 1 aromatic carbocycles. The quantitative estimate of drug-likeness (QED) is 0.832. The number of amides is 1. The summed E-state index contributed by atoms with van der Waals surface area (Å²) in [6.45, 7) is 8.67. The fraction of sp³-hybridized carbons (Fsp3) is 0.471. The lowest BCUT2D eigenvalue weighted by Gasteiger charge is -2.21. The molecule has 2 rings (SSSR count). The van der Waals surface area contributed by atoms with E-state index in [9.17, 15) is 13.2 Å². The third kappa shape index (κ3) is 4.13. The Kier molecular flexibility index (Phi) is 6.07. The molecule has 1 aliphatic rings. The van der Waals surface area contributed by atoms with E-state index < -0.39 is 15.9 Å². The normalized spacial score (nSPS) is 14.5. The molecule has 0 spiro atoms. The van der Waals surface area contributed by atoms with Gasteiger partial charge in [0, 0.05) is 18.8 Å². The highest BCUT2D eigenvalue weighted by Crippen LogP contribution is 2.26. The van der Waals surface area contributed by atoms with Crippen molar-refractivity contribution in [3.63, 3.8) is 0 Å². The Morgan fingerprint density at radius 2 is 1.88 bits per heavy atom. The van der Waals surface area contributed by atoms with E-state index in [-0.39, 0.29) is 10.7 Å². The van der Waals surface area contributed by atoms with E-state index in [0.717, 1.165) is 11.1 Å². The van der Waals surface area contributed by atoms with E-state index in [1.165, 1.54) is 16.6 Å². The Morgan fingerprint density at radius 3 is 2.44 bits per heavy atom. The van der Waals surface area contributed by atoms with Crippen molar-refractivity contribution < 1.29 is 22.7 Å². The minimum absolute atomic E-state index is 0.0697. The molecule has 1 N–H and O–H groups in total. The van der Waals surface area contributed by atoms with E-state index in [2.05, 4.69) is 5.32 Å². The molecular formula is C17H24N2O5S. The van der Waals surface area contributed by atoms with Crippen LogP contribution in [0.2, 0.25) is 0 Å². The van der Waals surface area contributed by atoms with Crippen LogP contribution in [-0.4, -0.2) is 44.9 Å². The van der Waals surface area contributed by atoms with Crippen LogP contribution in [0.1, 0.15) is 25.0 Å². The number of rotatable bonds is 6. The number of hydrogen-bond acceptors (Lipinski definition) is 5. The van der Waals surface area contributed by atoms with Gasteiger partial charge in [0.05, 0.1) is 4.90 Å². The van der Waals surface area contributed by atoms with E-state index in [0.29, 0.717) is 32.0 Å². The molecule has 7 nitrogen and oxygen atoms in total. The maximum Gasteiger partial charge on any atom is 0.294 e. The lowest BCUT2D eigenvalue weighted by atomic mass is 10.1. The van der Waals surface area contributed by atoms with Crippen LogP contribution in [0.4, 0.5) is 5.69 Å². The van der Waals surface area contributed by atoms with Crippen molar-refractivity contribution >= 4 is 21.6 Å². The maximum absolute atomic E-state index is 12.8. The summed E-state index contributed by atoms with van der Waals surface area (Å²) in [5, 5.41) is 2.71. The monoisotopic (exact) mass is 368 g/mol. The summed E-state index contributed by atoms with van der Waals surface area (Å²) in [6.07, 6.45) is 1.26. The van der Waals surface area contributed by atoms with Crippen LogP contribution in [-0.2, 0) is 24.3 Å². The predicted octanol–water partition coefficient (Wildman–Crippen LogP) is 2.16. The summed E-state index contributed by atoms with van der Waals surface area (Å²) in [5.41, 5.74) is 2.01. The Labute approximate surface area is 148 Å². The van der Waals surface area contributed by atoms with Crippen LogP contribution in [0.5, 0.6) is 0 Å². The average molecular weight is 368 g/mol. The molecule has 0 atom stereocenters. The molecular weight excluding hydrogens is 344 g/mol. The van der Waals surface area contributed by atoms with Crippen molar-refractivity contribution in [1.82, 2.24) is 4.31 Å². The Morgan fingerprint density at radius 1 is 1.20 bits per heavy atom. The van der Waals surface area contributed by atoms with Gasteiger partial charge in [-0.05, 0) is 37.1 Å². The van der Waals surface area contributed by atoms with Crippen molar-refractivity contribution in [3.8, 4) is 0 Å². The van der Waals surface area contributed by atoms with Gasteiger partial charge in [-0.25, -0.2) is 8.42 Å². The van der Waals surface area contributed by atoms with Gasteiger partial charge in [0.15, 0.2) is 0 Å². The molecule has 8 heteroatoms. The van der Waals surface area contributed by atoms with Gasteiger partial charge in [0.25, 0.3) is 5.91 Å². The van der Waals surface area contributed by atoms with Gasteiger partial charge >= 0.3 is 0 Å². The molecule has 0 radical (unpaired) electrons. The fourth-order valence-electron chi connectivity index (χ4n) is 2.49. The van der Waals surface area contributed by atoms with Crippen LogP contribution in [0.15, 0.2) is 29.0 Å². The summed E-state index contributed by atoms with van der Waals surface area (Å²) in [5.74, 6) is -0.403. The number of nitrogens with zero attached hydrogens (tertiary/aromatic N) is 1. The molecule has 1 heterocycles. The SMILES string of the molecule is CCN(CC)S(=O)(=O)c1cc(C)c(C)c(NC(=O)C2=COCCO2)c1. The van der Waals surface area contributed by atoms with Gasteiger partial charge in [0.2, 0.25) is 15.8 Å². The number of ether oxygens (including phenoxy) is 2. The Bertz CT molecular complexity index is 782. The highest BCUT2D eigenvalue weighted by Gasteiger charge is 2.24. The second-order valence-corrected chi connectivity index (χ2v) is 7.60. The van der Waals surface area contributed by atoms with Gasteiger partial charge in [-0.15, -0.1) is 0 Å². The number of nitrogens with one attached hydrogen (secondary N) is 1. The summed E-state index contributed by atoms with van der Waals surface area (Å²) < 4.78 is 37.2. The number of carbonyl (C=O) groups excluding carboxylic acids is 1. The second kappa shape index (κ2) is 7.88. The number of hydrogen-bond donors (Lipinski definition) is 1. The summed E-state index contributed by atoms with van der Waals surface area (Å²) in [4.78, 5) is 12.5. The third-order valence-corrected chi connectivity index (χ3v) is 6.13. The summed E-state index contributed by atoms with van der Waals surface area (Å²) >= 11 is 0. The van der Waals surface area contributed by atoms with Gasteiger partial charge in [0.1, 0.15) is 19.5 Å². The molecule has 1 amide bonds. The molecule has 0 bridgehead atoms. The number of anilines is 1. The molecule has 1 aromatic rings. The molecule has 0 saturated heterocycles. The molecule has 0 fully saturated rings. The average Bonchev–Trinajstić information content (AvgIpc) is 2.60. The molecule has 0 saturated carbocycles. The first-order valence-corrected chi connectivity index (χ1v) is 9.62. The zero-order chi connectivity index (χ0) is 18.6. The summed E-state index contributed by atoms with van der Waals surface area (Å²) in [6, 6.07) is 3.11. The van der Waals surface area contributed by atoms with Gasteiger partial charge in [-0.3, -0.25) is 4.79 Å². The molecule has 138 valence electrons. The van der Waals surface area contributed by atoms with E-state index in [4.69, 9.17) is 9.47 Å². The van der Waals surface area contributed by atoms with E-state index >= 15 is 0 Å².